The molecule has 4 N–H and O–H groups in total. The van der Waals surface area contributed by atoms with Crippen molar-refractivity contribution in [1.29, 1.82) is 0 Å². The van der Waals surface area contributed by atoms with Crippen LogP contribution in [0.3, 0.4) is 0 Å². The maximum atomic E-state index is 11.6. The van der Waals surface area contributed by atoms with Gasteiger partial charge in [-0.25, -0.2) is 29.1 Å². The minimum absolute atomic E-state index is 0.157. The van der Waals surface area contributed by atoms with Crippen LogP contribution in [0.4, 0.5) is 19.2 Å². The van der Waals surface area contributed by atoms with Crippen LogP contribution in [0.1, 0.15) is 63.9 Å². The zero-order chi connectivity index (χ0) is 47.6. The van der Waals surface area contributed by atoms with Crippen LogP contribution in [0.25, 0.3) is 0 Å². The van der Waals surface area contributed by atoms with Gasteiger partial charge in [-0.05, 0) is 115 Å². The average molecular weight is 1000 g/mol. The number of benzene rings is 2. The van der Waals surface area contributed by atoms with E-state index in [1.807, 2.05) is 72.8 Å². The number of halogens is 2. The number of terminal acetylenes is 2. The van der Waals surface area contributed by atoms with Gasteiger partial charge in [0.15, 0.2) is 0 Å². The summed E-state index contributed by atoms with van der Waals surface area (Å²) in [7, 11) is 0. The third-order valence-electron chi connectivity index (χ3n) is 6.44. The first-order valence-electron chi connectivity index (χ1n) is 19.3. The number of pyridine rings is 2. The van der Waals surface area contributed by atoms with Crippen LogP contribution in [0.2, 0.25) is 0 Å². The summed E-state index contributed by atoms with van der Waals surface area (Å²) in [5.74, 6) is 15.9. The predicted molar refractivity (Wildman–Crippen MR) is 253 cm³/mol. The molecule has 4 amide bonds. The normalized spacial score (nSPS) is 9.59. The van der Waals surface area contributed by atoms with Crippen molar-refractivity contribution in [2.75, 3.05) is 26.2 Å². The van der Waals surface area contributed by atoms with Gasteiger partial charge in [0.2, 0.25) is 0 Å². The highest BCUT2D eigenvalue weighted by Crippen LogP contribution is 2.11. The van der Waals surface area contributed by atoms with E-state index in [-0.39, 0.29) is 39.4 Å². The van der Waals surface area contributed by atoms with Crippen molar-refractivity contribution in [1.82, 2.24) is 31.2 Å². The maximum Gasteiger partial charge on any atom is 0.408 e. The number of nitrogens with zero attached hydrogens (tertiary/aromatic N) is 2. The highest BCUT2D eigenvalue weighted by atomic mass is 79.9. The Morgan fingerprint density at radius 2 is 1.02 bits per heavy atom. The van der Waals surface area contributed by atoms with E-state index in [1.165, 1.54) is 0 Å². The average Bonchev–Trinajstić information content (AvgIpc) is 3.25. The molecule has 0 spiro atoms. The Bertz CT molecular complexity index is 2210. The second-order valence-electron chi connectivity index (χ2n) is 14.3. The number of ether oxygens (including phenoxy) is 4. The van der Waals surface area contributed by atoms with Crippen LogP contribution >= 0.6 is 31.9 Å². The van der Waals surface area contributed by atoms with E-state index in [1.54, 1.807) is 66.1 Å². The molecule has 0 radical (unpaired) electrons. The van der Waals surface area contributed by atoms with Gasteiger partial charge in [0.25, 0.3) is 0 Å². The van der Waals surface area contributed by atoms with Gasteiger partial charge in [-0.1, -0.05) is 90.3 Å². The molecule has 2 aromatic carbocycles. The van der Waals surface area contributed by atoms with Gasteiger partial charge in [0.1, 0.15) is 34.7 Å². The summed E-state index contributed by atoms with van der Waals surface area (Å²) in [5, 5.41) is 9.92. The van der Waals surface area contributed by atoms with E-state index >= 15 is 0 Å². The monoisotopic (exact) mass is 998 g/mol. The third-order valence-corrected chi connectivity index (χ3v) is 7.38. The molecule has 4 aromatic rings. The topological polar surface area (TPSA) is 179 Å². The molecule has 16 heteroatoms. The molecule has 0 fully saturated rings. The molecule has 64 heavy (non-hydrogen) atoms. The summed E-state index contributed by atoms with van der Waals surface area (Å²) >= 11 is 6.48. The van der Waals surface area contributed by atoms with Crippen LogP contribution in [-0.2, 0) is 32.2 Å². The van der Waals surface area contributed by atoms with Crippen molar-refractivity contribution in [2.24, 2.45) is 0 Å². The van der Waals surface area contributed by atoms with E-state index < -0.39 is 35.6 Å². The largest absolute Gasteiger partial charge is 0.445 e. The van der Waals surface area contributed by atoms with Crippen LogP contribution in [-0.4, -0.2) is 71.7 Å². The number of carbonyl (C=O) groups excluding carboxylic acids is 4. The Hall–Kier alpha value is -6.98. The number of hydrogen-bond acceptors (Lipinski definition) is 10. The van der Waals surface area contributed by atoms with Crippen molar-refractivity contribution in [2.45, 2.75) is 66.0 Å². The summed E-state index contributed by atoms with van der Waals surface area (Å²) in [5.41, 5.74) is 2.10. The van der Waals surface area contributed by atoms with Crippen LogP contribution < -0.4 is 21.3 Å². The summed E-state index contributed by atoms with van der Waals surface area (Å²) < 4.78 is 21.9. The molecule has 0 aliphatic rings. The number of alkyl carbamates (subject to hydrolysis) is 4. The number of carbonyl (C=O) groups is 4. The number of nitrogens with one attached hydrogen (secondary N) is 4. The van der Waals surface area contributed by atoms with Crippen molar-refractivity contribution in [3.63, 3.8) is 0 Å². The second-order valence-corrected chi connectivity index (χ2v) is 16.0. The summed E-state index contributed by atoms with van der Waals surface area (Å²) in [6, 6.07) is 26.2. The Morgan fingerprint density at radius 3 is 1.42 bits per heavy atom. The molecule has 336 valence electrons. The zero-order valence-corrected chi connectivity index (χ0v) is 39.7. The van der Waals surface area contributed by atoms with Crippen LogP contribution in [0.15, 0.2) is 106 Å². The molecular formula is C48H52Br2N6O8. The van der Waals surface area contributed by atoms with Crippen molar-refractivity contribution in [3.05, 3.63) is 129 Å². The highest BCUT2D eigenvalue weighted by molar-refractivity contribution is 9.11. The molecule has 0 aliphatic carbocycles. The minimum Gasteiger partial charge on any atom is -0.445 e. The number of amides is 4. The summed E-state index contributed by atoms with van der Waals surface area (Å²) in [6.07, 6.45) is 11.2. The molecule has 0 saturated carbocycles. The van der Waals surface area contributed by atoms with Crippen LogP contribution in [0, 0.1) is 48.4 Å². The second kappa shape index (κ2) is 31.8. The number of aromatic nitrogens is 2. The lowest BCUT2D eigenvalue weighted by atomic mass is 10.2. The lowest BCUT2D eigenvalue weighted by Crippen LogP contribution is -2.32. The van der Waals surface area contributed by atoms with Crippen molar-refractivity contribution >= 4 is 56.2 Å². The quantitative estimate of drug-likeness (QED) is 0.0760. The Kier molecular flexibility index (Phi) is 27.4. The van der Waals surface area contributed by atoms with Gasteiger partial charge in [-0.2, -0.15) is 0 Å². The standard InChI is InChI=1S/C24H25N3O4.C11H11NO2.C8H13NO2.C5H3Br2N/c1-24(2,3)31-23(29)26-16-8-12-21-14-13-19(17-27-21)11-7-15-25-22(28)30-18-20-9-5-4-6-10-20;1-2-8-12-11(13)14-9-10-6-4-3-5-7-10;1-5-6-9-7(10)11-8(2,3)4;6-4-1-2-5(7)8-3-4/h4-6,9-10,13-14,17H,15-16,18H2,1-3H3,(H,25,28)(H,26,29);1,3-7H,8-9H2,(H,12,13);1H,6H2,2-4H3,(H,9,10);1-3H. The van der Waals surface area contributed by atoms with E-state index in [0.717, 1.165) is 20.2 Å². The first-order valence-corrected chi connectivity index (χ1v) is 20.9. The van der Waals surface area contributed by atoms with E-state index in [0.29, 0.717) is 11.3 Å². The molecule has 2 heterocycles. The fourth-order valence-corrected chi connectivity index (χ4v) is 4.31. The molecule has 14 nitrogen and oxygen atoms in total. The Labute approximate surface area is 393 Å². The summed E-state index contributed by atoms with van der Waals surface area (Å²) in [6.45, 7) is 11.9. The van der Waals surface area contributed by atoms with Gasteiger partial charge in [0.05, 0.1) is 26.2 Å². The molecule has 0 bridgehead atoms. The molecule has 0 unspecified atom stereocenters. The molecule has 0 atom stereocenters. The van der Waals surface area contributed by atoms with Crippen LogP contribution in [0.5, 0.6) is 0 Å². The number of rotatable bonds is 8. The number of hydrogen-bond donors (Lipinski definition) is 4. The van der Waals surface area contributed by atoms with E-state index in [2.05, 4.69) is 98.6 Å². The van der Waals surface area contributed by atoms with Gasteiger partial charge < -0.3 is 40.2 Å². The molecule has 2 aromatic heterocycles. The molecular weight excluding hydrogens is 948 g/mol. The Balaban J connectivity index is 0.000000506. The predicted octanol–water partition coefficient (Wildman–Crippen LogP) is 8.53. The zero-order valence-electron chi connectivity index (χ0n) is 36.6. The fraction of sp³-hybridized carbons (Fsp3) is 0.292. The molecule has 0 aliphatic heterocycles. The van der Waals surface area contributed by atoms with Gasteiger partial charge in [-0.15, -0.1) is 12.8 Å². The smallest absolute Gasteiger partial charge is 0.408 e. The van der Waals surface area contributed by atoms with Crippen molar-refractivity contribution < 1.29 is 38.1 Å². The first-order chi connectivity index (χ1) is 30.4. The van der Waals surface area contributed by atoms with E-state index in [9.17, 15) is 19.2 Å². The van der Waals surface area contributed by atoms with Gasteiger partial charge in [-0.3, -0.25) is 0 Å². The highest BCUT2D eigenvalue weighted by Gasteiger charge is 2.16. The van der Waals surface area contributed by atoms with E-state index in [4.69, 9.17) is 31.8 Å². The fourth-order valence-electron chi connectivity index (χ4n) is 3.84. The lowest BCUT2D eigenvalue weighted by Gasteiger charge is -2.19. The SMILES string of the molecule is Brc1ccc(Br)nc1.C#CCNC(=O)OC(C)(C)C.C#CCNC(=O)OCc1ccccc1.CC(C)(C)OC(=O)NCC#Cc1ccc(C#CCNC(=O)OCc2ccccc2)cn1. The molecule has 4 rings (SSSR count). The first kappa shape index (κ1) is 55.0. The third kappa shape index (κ3) is 31.8. The van der Waals surface area contributed by atoms with Gasteiger partial charge >= 0.3 is 24.4 Å². The van der Waals surface area contributed by atoms with Gasteiger partial charge in [0, 0.05) is 22.4 Å². The lowest BCUT2D eigenvalue weighted by molar-refractivity contribution is 0.0523. The summed E-state index contributed by atoms with van der Waals surface area (Å²) in [4.78, 5) is 53.0. The maximum absolute atomic E-state index is 11.6. The Morgan fingerprint density at radius 1 is 0.562 bits per heavy atom. The molecule has 0 saturated heterocycles. The van der Waals surface area contributed by atoms with Crippen molar-refractivity contribution in [3.8, 4) is 48.4 Å². The minimum atomic E-state index is -0.548.